The van der Waals surface area contributed by atoms with Gasteiger partial charge in [0.15, 0.2) is 0 Å². The van der Waals surface area contributed by atoms with Crippen molar-refractivity contribution < 1.29 is 4.74 Å². The molecule has 1 aromatic rings. The minimum Gasteiger partial charge on any atom is -0.371 e. The summed E-state index contributed by atoms with van der Waals surface area (Å²) >= 11 is 0. The average Bonchev–Trinajstić information content (AvgIpc) is 2.46. The van der Waals surface area contributed by atoms with Crippen LogP contribution in [0.3, 0.4) is 0 Å². The van der Waals surface area contributed by atoms with Crippen LogP contribution in [0, 0.1) is 18.3 Å². The van der Waals surface area contributed by atoms with Crippen molar-refractivity contribution in [3.63, 3.8) is 0 Å². The van der Waals surface area contributed by atoms with Gasteiger partial charge >= 0.3 is 0 Å². The summed E-state index contributed by atoms with van der Waals surface area (Å²) in [6.45, 7) is 6.92. The zero-order chi connectivity index (χ0) is 13.2. The predicted octanol–water partition coefficient (Wildman–Crippen LogP) is 1.21. The number of rotatable bonds is 1. The smallest absolute Gasteiger partial charge is 0.0994 e. The Morgan fingerprint density at radius 2 is 2.37 bits per heavy atom. The summed E-state index contributed by atoms with van der Waals surface area (Å²) in [5, 5.41) is 12.4. The molecule has 0 saturated carbocycles. The van der Waals surface area contributed by atoms with E-state index in [0.29, 0.717) is 6.04 Å². The van der Waals surface area contributed by atoms with Gasteiger partial charge in [0.25, 0.3) is 0 Å². The van der Waals surface area contributed by atoms with Gasteiger partial charge < -0.3 is 10.1 Å². The molecule has 2 fully saturated rings. The molecule has 2 saturated heterocycles. The molecule has 2 aliphatic heterocycles. The number of benzene rings is 1. The molecule has 3 rings (SSSR count). The second-order valence-electron chi connectivity index (χ2n) is 5.36. The molecule has 0 unspecified atom stereocenters. The fourth-order valence-corrected chi connectivity index (χ4v) is 2.91. The lowest BCUT2D eigenvalue weighted by Crippen LogP contribution is -2.57. The van der Waals surface area contributed by atoms with Gasteiger partial charge in [-0.05, 0) is 24.1 Å². The molecule has 1 aromatic carbocycles. The van der Waals surface area contributed by atoms with E-state index in [1.165, 1.54) is 5.56 Å². The van der Waals surface area contributed by atoms with Crippen molar-refractivity contribution >= 4 is 0 Å². The number of nitriles is 1. The Balaban J connectivity index is 1.76. The van der Waals surface area contributed by atoms with Gasteiger partial charge in [-0.25, -0.2) is 0 Å². The van der Waals surface area contributed by atoms with Gasteiger partial charge in [-0.3, -0.25) is 4.90 Å². The molecule has 4 nitrogen and oxygen atoms in total. The van der Waals surface area contributed by atoms with Crippen molar-refractivity contribution in [2.45, 2.75) is 19.1 Å². The van der Waals surface area contributed by atoms with Crippen LogP contribution in [-0.2, 0) is 4.74 Å². The molecule has 2 aliphatic rings. The topological polar surface area (TPSA) is 48.3 Å². The second kappa shape index (κ2) is 5.30. The van der Waals surface area contributed by atoms with E-state index in [4.69, 9.17) is 10.00 Å². The summed E-state index contributed by atoms with van der Waals surface area (Å²) < 4.78 is 6.00. The highest BCUT2D eigenvalue weighted by Gasteiger charge is 2.31. The summed E-state index contributed by atoms with van der Waals surface area (Å²) in [5.41, 5.74) is 2.97. The van der Waals surface area contributed by atoms with Crippen LogP contribution in [0.1, 0.15) is 22.8 Å². The van der Waals surface area contributed by atoms with Crippen molar-refractivity contribution in [3.05, 3.63) is 34.9 Å². The highest BCUT2D eigenvalue weighted by molar-refractivity contribution is 5.40. The summed E-state index contributed by atoms with van der Waals surface area (Å²) in [6, 6.07) is 8.75. The molecule has 0 radical (unpaired) electrons. The third-order valence-corrected chi connectivity index (χ3v) is 4.10. The molecule has 4 heteroatoms. The van der Waals surface area contributed by atoms with E-state index >= 15 is 0 Å². The van der Waals surface area contributed by atoms with Crippen molar-refractivity contribution in [2.75, 3.05) is 32.8 Å². The first-order valence-corrected chi connectivity index (χ1v) is 6.85. The Bertz CT molecular complexity index is 509. The molecule has 19 heavy (non-hydrogen) atoms. The maximum Gasteiger partial charge on any atom is 0.0994 e. The summed E-state index contributed by atoms with van der Waals surface area (Å²) in [4.78, 5) is 2.51. The molecule has 0 aliphatic carbocycles. The van der Waals surface area contributed by atoms with E-state index in [9.17, 15) is 0 Å². The number of hydrogen-bond donors (Lipinski definition) is 1. The number of nitrogens with zero attached hydrogens (tertiary/aromatic N) is 2. The molecular weight excluding hydrogens is 238 g/mol. The lowest BCUT2D eigenvalue weighted by atomic mass is 10.00. The zero-order valence-corrected chi connectivity index (χ0v) is 11.2. The second-order valence-corrected chi connectivity index (χ2v) is 5.36. The number of aryl methyl sites for hydroxylation is 1. The summed E-state index contributed by atoms with van der Waals surface area (Å²) in [5.74, 6) is 0. The molecule has 0 amide bonds. The lowest BCUT2D eigenvalue weighted by molar-refractivity contribution is -0.0717. The van der Waals surface area contributed by atoms with Gasteiger partial charge in [0.05, 0.1) is 24.3 Å². The SMILES string of the molecule is Cc1cc([C@H]2CN3CCNC[C@@H]3CO2)ccc1C#N. The first-order valence-electron chi connectivity index (χ1n) is 6.85. The van der Waals surface area contributed by atoms with Crippen LogP contribution in [0.15, 0.2) is 18.2 Å². The summed E-state index contributed by atoms with van der Waals surface area (Å²) in [6.07, 6.45) is 0.140. The quantitative estimate of drug-likeness (QED) is 0.821. The molecular formula is C15H19N3O. The van der Waals surface area contributed by atoms with E-state index in [2.05, 4.69) is 22.4 Å². The van der Waals surface area contributed by atoms with E-state index in [1.54, 1.807) is 0 Å². The van der Waals surface area contributed by atoms with Gasteiger partial charge in [-0.15, -0.1) is 0 Å². The molecule has 2 atom stereocenters. The van der Waals surface area contributed by atoms with Crippen LogP contribution in [0.5, 0.6) is 0 Å². The minimum absolute atomic E-state index is 0.140. The highest BCUT2D eigenvalue weighted by Crippen LogP contribution is 2.26. The number of piperazine rings is 1. The van der Waals surface area contributed by atoms with Crippen LogP contribution in [0.2, 0.25) is 0 Å². The van der Waals surface area contributed by atoms with Crippen LogP contribution < -0.4 is 5.32 Å². The standard InChI is InChI=1S/C15H19N3O/c1-11-6-12(2-3-13(11)7-16)15-9-18-5-4-17-8-14(18)10-19-15/h2-3,6,14-15,17H,4-5,8-10H2,1H3/t14-,15-/m1/s1. The maximum absolute atomic E-state index is 8.98. The first kappa shape index (κ1) is 12.6. The largest absolute Gasteiger partial charge is 0.371 e. The summed E-state index contributed by atoms with van der Waals surface area (Å²) in [7, 11) is 0. The third kappa shape index (κ3) is 2.50. The predicted molar refractivity (Wildman–Crippen MR) is 72.8 cm³/mol. The molecule has 100 valence electrons. The Morgan fingerprint density at radius 3 is 3.16 bits per heavy atom. The number of morpholine rings is 1. The van der Waals surface area contributed by atoms with Crippen LogP contribution in [-0.4, -0.2) is 43.7 Å². The monoisotopic (exact) mass is 257 g/mol. The van der Waals surface area contributed by atoms with Gasteiger partial charge in [0, 0.05) is 32.2 Å². The lowest BCUT2D eigenvalue weighted by Gasteiger charge is -2.42. The minimum atomic E-state index is 0.140. The van der Waals surface area contributed by atoms with Gasteiger partial charge in [-0.2, -0.15) is 5.26 Å². The number of fused-ring (bicyclic) bond motifs is 1. The normalized spacial score (nSPS) is 27.6. The molecule has 2 heterocycles. The zero-order valence-electron chi connectivity index (χ0n) is 11.2. The number of nitrogens with one attached hydrogen (secondary N) is 1. The van der Waals surface area contributed by atoms with Crippen LogP contribution >= 0.6 is 0 Å². The molecule has 0 aromatic heterocycles. The fourth-order valence-electron chi connectivity index (χ4n) is 2.91. The van der Waals surface area contributed by atoms with E-state index in [0.717, 1.165) is 43.9 Å². The van der Waals surface area contributed by atoms with Gasteiger partial charge in [0.1, 0.15) is 0 Å². The van der Waals surface area contributed by atoms with E-state index in [1.807, 2.05) is 19.1 Å². The fraction of sp³-hybridized carbons (Fsp3) is 0.533. The maximum atomic E-state index is 8.98. The first-order chi connectivity index (χ1) is 9.28. The van der Waals surface area contributed by atoms with Crippen LogP contribution in [0.25, 0.3) is 0 Å². The van der Waals surface area contributed by atoms with Crippen molar-refractivity contribution in [3.8, 4) is 6.07 Å². The molecule has 0 bridgehead atoms. The molecule has 1 N–H and O–H groups in total. The van der Waals surface area contributed by atoms with Crippen molar-refractivity contribution in [1.82, 2.24) is 10.2 Å². The Morgan fingerprint density at radius 1 is 1.47 bits per heavy atom. The van der Waals surface area contributed by atoms with E-state index < -0.39 is 0 Å². The Kier molecular flexibility index (Phi) is 3.52. The number of hydrogen-bond acceptors (Lipinski definition) is 4. The third-order valence-electron chi connectivity index (χ3n) is 4.10. The van der Waals surface area contributed by atoms with Crippen molar-refractivity contribution in [1.29, 1.82) is 5.26 Å². The van der Waals surface area contributed by atoms with E-state index in [-0.39, 0.29) is 6.10 Å². The number of ether oxygens (including phenoxy) is 1. The van der Waals surface area contributed by atoms with Gasteiger partial charge in [0.2, 0.25) is 0 Å². The van der Waals surface area contributed by atoms with Crippen LogP contribution in [0.4, 0.5) is 0 Å². The highest BCUT2D eigenvalue weighted by atomic mass is 16.5. The van der Waals surface area contributed by atoms with Gasteiger partial charge in [-0.1, -0.05) is 12.1 Å². The Hall–Kier alpha value is -1.41. The average molecular weight is 257 g/mol. The Labute approximate surface area is 114 Å². The van der Waals surface area contributed by atoms with Crippen molar-refractivity contribution in [2.24, 2.45) is 0 Å². The molecule has 0 spiro atoms.